The van der Waals surface area contributed by atoms with E-state index in [1.165, 1.54) is 65.0 Å². The van der Waals surface area contributed by atoms with Crippen LogP contribution in [0.5, 0.6) is 0 Å². The summed E-state index contributed by atoms with van der Waals surface area (Å²) in [5, 5.41) is 0. The summed E-state index contributed by atoms with van der Waals surface area (Å²) in [4.78, 5) is 49.8. The molecule has 0 N–H and O–H groups in total. The Morgan fingerprint density at radius 3 is 1.55 bits per heavy atom. The van der Waals surface area contributed by atoms with Gasteiger partial charge in [0.15, 0.2) is 0 Å². The van der Waals surface area contributed by atoms with Gasteiger partial charge in [-0.3, -0.25) is 9.59 Å². The van der Waals surface area contributed by atoms with Crippen molar-refractivity contribution in [1.82, 2.24) is 4.90 Å². The molecule has 1 aliphatic heterocycles. The molecular formula is C23H40BNNaO7. The first-order valence-corrected chi connectivity index (χ1v) is 11.6. The summed E-state index contributed by atoms with van der Waals surface area (Å²) in [5.41, 5.74) is 0. The maximum absolute atomic E-state index is 10.3. The van der Waals surface area contributed by atoms with Gasteiger partial charge in [-0.05, 0) is 50.6 Å². The molecule has 3 radical (unpaired) electrons. The van der Waals surface area contributed by atoms with Crippen molar-refractivity contribution in [3.05, 3.63) is 0 Å². The van der Waals surface area contributed by atoms with E-state index in [2.05, 4.69) is 41.2 Å². The molecule has 0 aromatic rings. The minimum absolute atomic E-state index is 0. The summed E-state index contributed by atoms with van der Waals surface area (Å²) < 4.78 is 3.61. The number of hydrogen-bond acceptors (Lipinski definition) is 8. The van der Waals surface area contributed by atoms with Gasteiger partial charge >= 0.3 is 41.5 Å². The van der Waals surface area contributed by atoms with Crippen LogP contribution in [0.15, 0.2) is 0 Å². The number of carbonyl (C=O) groups excluding carboxylic acids is 4. The van der Waals surface area contributed by atoms with E-state index in [0.717, 1.165) is 44.6 Å². The first-order valence-electron chi connectivity index (χ1n) is 11.6. The minimum Gasteiger partial charge on any atom is -0.793 e. The molecule has 0 unspecified atom stereocenters. The van der Waals surface area contributed by atoms with Crippen LogP contribution in [0.4, 0.5) is 0 Å². The summed E-state index contributed by atoms with van der Waals surface area (Å²) in [6, 6.07) is 0.982. The van der Waals surface area contributed by atoms with Crippen molar-refractivity contribution >= 4 is 31.7 Å². The zero-order valence-electron chi connectivity index (χ0n) is 21.4. The van der Waals surface area contributed by atoms with E-state index in [0.29, 0.717) is 5.78 Å². The van der Waals surface area contributed by atoms with Crippen molar-refractivity contribution in [1.29, 1.82) is 0 Å². The van der Waals surface area contributed by atoms with Gasteiger partial charge in [0, 0.05) is 39.7 Å². The number of likely N-dealkylation sites (tertiary alicyclic amines) is 1. The Labute approximate surface area is 222 Å². The Morgan fingerprint density at radius 2 is 1.27 bits per heavy atom. The average molecular weight is 476 g/mol. The number of ketones is 1. The van der Waals surface area contributed by atoms with Gasteiger partial charge in [0.25, 0.3) is 0 Å². The van der Waals surface area contributed by atoms with Gasteiger partial charge in [-0.15, -0.1) is 0 Å². The summed E-state index contributed by atoms with van der Waals surface area (Å²) in [6.45, 7) is 10.8. The van der Waals surface area contributed by atoms with E-state index in [1.54, 1.807) is 0 Å². The first-order chi connectivity index (χ1) is 15.1. The van der Waals surface area contributed by atoms with Crippen molar-refractivity contribution in [2.24, 2.45) is 11.8 Å². The SMILES string of the molecule is CC(=O)OOC(C)=O.CCC1CC(=O)C1.CCC1CC(N2CCCCC2)C1.[B-]OC(C)=O.[Na+]. The maximum atomic E-state index is 10.3. The van der Waals surface area contributed by atoms with Crippen LogP contribution in [0, 0.1) is 11.8 Å². The van der Waals surface area contributed by atoms with E-state index in [1.807, 2.05) is 0 Å². The normalized spacial score (nSPS) is 21.3. The van der Waals surface area contributed by atoms with Crippen LogP contribution in [0.3, 0.4) is 0 Å². The second-order valence-corrected chi connectivity index (χ2v) is 8.48. The van der Waals surface area contributed by atoms with Gasteiger partial charge in [-0.1, -0.05) is 33.1 Å². The Bertz CT molecular complexity index is 557. The third-order valence-electron chi connectivity index (χ3n) is 5.75. The molecule has 10 heteroatoms. The van der Waals surface area contributed by atoms with Gasteiger partial charge in [0.2, 0.25) is 5.97 Å². The number of hydrogen-bond donors (Lipinski definition) is 0. The van der Waals surface area contributed by atoms with Crippen molar-refractivity contribution in [2.45, 2.75) is 98.4 Å². The predicted octanol–water partition coefficient (Wildman–Crippen LogP) is 0.701. The zero-order valence-corrected chi connectivity index (χ0v) is 23.4. The molecule has 2 saturated carbocycles. The van der Waals surface area contributed by atoms with E-state index in [9.17, 15) is 19.2 Å². The molecule has 0 bridgehead atoms. The van der Waals surface area contributed by atoms with Crippen LogP contribution in [-0.2, 0) is 33.6 Å². The third kappa shape index (κ3) is 18.1. The van der Waals surface area contributed by atoms with Gasteiger partial charge in [-0.25, -0.2) is 19.4 Å². The van der Waals surface area contributed by atoms with Crippen LogP contribution in [0.25, 0.3) is 0 Å². The molecule has 3 aliphatic rings. The number of piperidine rings is 1. The van der Waals surface area contributed by atoms with Crippen molar-refractivity contribution in [3.63, 3.8) is 0 Å². The minimum atomic E-state index is -0.639. The zero-order chi connectivity index (χ0) is 24.5. The number of rotatable bonds is 3. The predicted molar refractivity (Wildman–Crippen MR) is 121 cm³/mol. The molecule has 3 fully saturated rings. The molecule has 1 heterocycles. The molecule has 2 aliphatic carbocycles. The number of carbonyl (C=O) groups is 4. The largest absolute Gasteiger partial charge is 1.00 e. The molecule has 33 heavy (non-hydrogen) atoms. The molecule has 183 valence electrons. The third-order valence-corrected chi connectivity index (χ3v) is 5.75. The topological polar surface area (TPSA) is 99.2 Å². The Morgan fingerprint density at radius 1 is 0.848 bits per heavy atom. The molecule has 0 aromatic heterocycles. The summed E-state index contributed by atoms with van der Waals surface area (Å²) in [7, 11) is 4.32. The average Bonchev–Trinajstić information content (AvgIpc) is 2.71. The molecule has 0 spiro atoms. The quantitative estimate of drug-likeness (QED) is 0.334. The van der Waals surface area contributed by atoms with E-state index < -0.39 is 17.9 Å². The number of nitrogens with zero attached hydrogens (tertiary/aromatic N) is 1. The van der Waals surface area contributed by atoms with Gasteiger partial charge in [0.1, 0.15) is 5.78 Å². The molecule has 1 saturated heterocycles. The van der Waals surface area contributed by atoms with Crippen LogP contribution in [0.2, 0.25) is 0 Å². The Hall–Kier alpha value is -0.895. The molecule has 8 nitrogen and oxygen atoms in total. The maximum Gasteiger partial charge on any atom is 1.00 e. The van der Waals surface area contributed by atoms with E-state index in [4.69, 9.17) is 0 Å². The monoisotopic (exact) mass is 476 g/mol. The van der Waals surface area contributed by atoms with Crippen LogP contribution in [-0.4, -0.2) is 55.8 Å². The van der Waals surface area contributed by atoms with E-state index in [-0.39, 0.29) is 29.6 Å². The van der Waals surface area contributed by atoms with Crippen molar-refractivity contribution in [3.8, 4) is 0 Å². The first kappa shape index (κ1) is 34.3. The standard InChI is InChI=1S/C11H21N.C6H10O.C4H6O4.C2H3BO2.Na/c1-2-10-8-11(9-10)12-6-4-3-5-7-12;1-2-5-3-6(7)4-5;1-3(5)7-8-4(2)6;1-2(4)5-3;/h10-11H,2-9H2,1H3;5H,2-4H2,1H3;1-2H3;1H3;/q;;;-1;+1. The fraction of sp³-hybridized carbons (Fsp3) is 0.826. The second kappa shape index (κ2) is 20.5. The summed E-state index contributed by atoms with van der Waals surface area (Å²) in [5.74, 6) is 0.515. The van der Waals surface area contributed by atoms with Crippen molar-refractivity contribution < 1.29 is 63.2 Å². The molecule has 0 aromatic carbocycles. The number of Topliss-reactive ketones (excluding diaryl/α,β-unsaturated/α-hetero) is 1. The molecule has 0 atom stereocenters. The Balaban J connectivity index is 0. The molecule has 0 amide bonds. The van der Waals surface area contributed by atoms with Crippen LogP contribution in [0.1, 0.15) is 92.4 Å². The van der Waals surface area contributed by atoms with Crippen LogP contribution >= 0.6 is 0 Å². The fourth-order valence-electron chi connectivity index (χ4n) is 3.61. The van der Waals surface area contributed by atoms with Gasteiger partial charge < -0.3 is 17.6 Å². The van der Waals surface area contributed by atoms with Gasteiger partial charge in [-0.2, -0.15) is 0 Å². The van der Waals surface area contributed by atoms with Crippen molar-refractivity contribution in [2.75, 3.05) is 13.1 Å². The van der Waals surface area contributed by atoms with E-state index >= 15 is 0 Å². The molecular weight excluding hydrogens is 436 g/mol. The Kier molecular flexibility index (Phi) is 21.3. The summed E-state index contributed by atoms with van der Waals surface area (Å²) in [6.07, 6.45) is 11.7. The summed E-state index contributed by atoms with van der Waals surface area (Å²) >= 11 is 0. The fourth-order valence-corrected chi connectivity index (χ4v) is 3.61. The van der Waals surface area contributed by atoms with Crippen LogP contribution < -0.4 is 29.6 Å². The molecule has 3 rings (SSSR count). The smallest absolute Gasteiger partial charge is 0.793 e. The second-order valence-electron chi connectivity index (χ2n) is 8.48. The van der Waals surface area contributed by atoms with Gasteiger partial charge in [0.05, 0.1) is 0 Å².